The summed E-state index contributed by atoms with van der Waals surface area (Å²) in [6, 6.07) is 3.46. The van der Waals surface area contributed by atoms with Crippen molar-refractivity contribution in [3.63, 3.8) is 0 Å². The lowest BCUT2D eigenvalue weighted by Crippen LogP contribution is -2.36. The van der Waals surface area contributed by atoms with E-state index in [0.717, 1.165) is 0 Å². The highest BCUT2D eigenvalue weighted by Crippen LogP contribution is 2.25. The van der Waals surface area contributed by atoms with Gasteiger partial charge in [-0.1, -0.05) is 6.07 Å². The van der Waals surface area contributed by atoms with Crippen molar-refractivity contribution >= 4 is 29.1 Å². The summed E-state index contributed by atoms with van der Waals surface area (Å²) >= 11 is 1.35. The number of rotatable bonds is 6. The van der Waals surface area contributed by atoms with Crippen molar-refractivity contribution in [2.45, 2.75) is 31.7 Å². The maximum Gasteiger partial charge on any atom is 0.306 e. The summed E-state index contributed by atoms with van der Waals surface area (Å²) in [4.78, 5) is 34.8. The molecule has 1 aromatic rings. The van der Waals surface area contributed by atoms with Gasteiger partial charge in [0.2, 0.25) is 5.91 Å². The molecule has 2 atom stereocenters. The van der Waals surface area contributed by atoms with Crippen molar-refractivity contribution in [1.29, 1.82) is 0 Å². The Kier molecular flexibility index (Phi) is 5.32. The van der Waals surface area contributed by atoms with Crippen LogP contribution in [0, 0.1) is 5.92 Å². The van der Waals surface area contributed by atoms with E-state index in [1.807, 2.05) is 5.38 Å². The van der Waals surface area contributed by atoms with Crippen LogP contribution < -0.4 is 10.6 Å². The molecule has 2 rings (SSSR count). The molecule has 1 heterocycles. The molecule has 6 nitrogen and oxygen atoms in total. The van der Waals surface area contributed by atoms with Gasteiger partial charge in [0.1, 0.15) is 0 Å². The number of hydrogen-bond donors (Lipinski definition) is 3. The molecule has 1 saturated carbocycles. The zero-order valence-corrected chi connectivity index (χ0v) is 12.3. The lowest BCUT2D eigenvalue weighted by Gasteiger charge is -2.12. The second-order valence-electron chi connectivity index (χ2n) is 5.10. The molecule has 114 valence electrons. The van der Waals surface area contributed by atoms with Crippen LogP contribution in [0.5, 0.6) is 0 Å². The molecule has 1 aromatic heterocycles. The van der Waals surface area contributed by atoms with Crippen molar-refractivity contribution in [3.8, 4) is 0 Å². The normalized spacial score (nSPS) is 21.0. The number of nitrogens with one attached hydrogen (secondary N) is 2. The SMILES string of the molecule is O=C(CCNC(=O)c1cccs1)NC1CCC(C(=O)O)C1. The molecule has 0 aromatic carbocycles. The summed E-state index contributed by atoms with van der Waals surface area (Å²) in [7, 11) is 0. The Morgan fingerprint density at radius 3 is 2.76 bits per heavy atom. The van der Waals surface area contributed by atoms with Crippen LogP contribution in [-0.4, -0.2) is 35.5 Å². The summed E-state index contributed by atoms with van der Waals surface area (Å²) in [5.74, 6) is -1.48. The lowest BCUT2D eigenvalue weighted by molar-refractivity contribution is -0.141. The Balaban J connectivity index is 1.64. The fourth-order valence-electron chi connectivity index (χ4n) is 2.42. The van der Waals surface area contributed by atoms with E-state index in [-0.39, 0.29) is 36.7 Å². The number of carboxylic acids is 1. The van der Waals surface area contributed by atoms with Gasteiger partial charge in [-0.15, -0.1) is 11.3 Å². The van der Waals surface area contributed by atoms with E-state index in [1.54, 1.807) is 12.1 Å². The van der Waals surface area contributed by atoms with Gasteiger partial charge in [0, 0.05) is 19.0 Å². The van der Waals surface area contributed by atoms with E-state index in [0.29, 0.717) is 24.1 Å². The van der Waals surface area contributed by atoms with Crippen molar-refractivity contribution in [2.75, 3.05) is 6.54 Å². The standard InChI is InChI=1S/C14H18N2O4S/c17-12(16-10-4-3-9(8-10)14(19)20)5-6-15-13(18)11-2-1-7-21-11/h1-2,7,9-10H,3-6,8H2,(H,15,18)(H,16,17)(H,19,20). The number of amides is 2. The molecule has 0 saturated heterocycles. The predicted molar refractivity (Wildman–Crippen MR) is 78.2 cm³/mol. The first-order chi connectivity index (χ1) is 10.1. The first-order valence-corrected chi connectivity index (χ1v) is 7.78. The first kappa shape index (κ1) is 15.5. The highest BCUT2D eigenvalue weighted by Gasteiger charge is 2.30. The topological polar surface area (TPSA) is 95.5 Å². The summed E-state index contributed by atoms with van der Waals surface area (Å²) in [5, 5.41) is 16.2. The number of carbonyl (C=O) groups excluding carboxylic acids is 2. The van der Waals surface area contributed by atoms with Crippen LogP contribution in [0.4, 0.5) is 0 Å². The molecular formula is C14H18N2O4S. The van der Waals surface area contributed by atoms with Gasteiger partial charge in [-0.25, -0.2) is 0 Å². The van der Waals surface area contributed by atoms with Crippen molar-refractivity contribution < 1.29 is 19.5 Å². The Morgan fingerprint density at radius 2 is 2.14 bits per heavy atom. The molecule has 0 aliphatic heterocycles. The Bertz CT molecular complexity index is 515. The van der Waals surface area contributed by atoms with Crippen LogP contribution in [-0.2, 0) is 9.59 Å². The number of carboxylic acid groups (broad SMARTS) is 1. The predicted octanol–water partition coefficient (Wildman–Crippen LogP) is 1.24. The highest BCUT2D eigenvalue weighted by atomic mass is 32.1. The molecule has 1 aliphatic rings. The molecule has 0 bridgehead atoms. The fraction of sp³-hybridized carbons (Fsp3) is 0.500. The maximum atomic E-state index is 11.7. The number of carbonyl (C=O) groups is 3. The highest BCUT2D eigenvalue weighted by molar-refractivity contribution is 7.12. The van der Waals surface area contributed by atoms with Gasteiger partial charge in [-0.05, 0) is 30.7 Å². The van der Waals surface area contributed by atoms with E-state index >= 15 is 0 Å². The van der Waals surface area contributed by atoms with E-state index in [4.69, 9.17) is 5.11 Å². The molecule has 2 unspecified atom stereocenters. The fourth-order valence-corrected chi connectivity index (χ4v) is 3.06. The van der Waals surface area contributed by atoms with Crippen LogP contribution >= 0.6 is 11.3 Å². The number of hydrogen-bond acceptors (Lipinski definition) is 4. The van der Waals surface area contributed by atoms with Gasteiger partial charge in [-0.3, -0.25) is 14.4 Å². The largest absolute Gasteiger partial charge is 0.481 e. The second kappa shape index (κ2) is 7.21. The first-order valence-electron chi connectivity index (χ1n) is 6.90. The molecule has 1 fully saturated rings. The van der Waals surface area contributed by atoms with Gasteiger partial charge in [0.25, 0.3) is 5.91 Å². The Hall–Kier alpha value is -1.89. The smallest absolute Gasteiger partial charge is 0.306 e. The summed E-state index contributed by atoms with van der Waals surface area (Å²) in [6.45, 7) is 0.275. The zero-order chi connectivity index (χ0) is 15.2. The molecule has 7 heteroatoms. The van der Waals surface area contributed by atoms with Gasteiger partial charge in [0.15, 0.2) is 0 Å². The third-order valence-corrected chi connectivity index (χ3v) is 4.40. The summed E-state index contributed by atoms with van der Waals surface area (Å²) < 4.78 is 0. The van der Waals surface area contributed by atoms with Crippen LogP contribution in [0.3, 0.4) is 0 Å². The summed E-state index contributed by atoms with van der Waals surface area (Å²) in [6.07, 6.45) is 1.99. The lowest BCUT2D eigenvalue weighted by atomic mass is 10.1. The minimum atomic E-state index is -0.796. The van der Waals surface area contributed by atoms with Crippen LogP contribution in [0.2, 0.25) is 0 Å². The third-order valence-electron chi connectivity index (χ3n) is 3.53. The monoisotopic (exact) mass is 310 g/mol. The second-order valence-corrected chi connectivity index (χ2v) is 6.04. The molecule has 0 spiro atoms. The molecule has 1 aliphatic carbocycles. The molecule has 3 N–H and O–H groups in total. The van der Waals surface area contributed by atoms with Gasteiger partial charge < -0.3 is 15.7 Å². The molecule has 21 heavy (non-hydrogen) atoms. The van der Waals surface area contributed by atoms with E-state index < -0.39 is 5.97 Å². The van der Waals surface area contributed by atoms with Crippen LogP contribution in [0.1, 0.15) is 35.4 Å². The number of thiophene rings is 1. The van der Waals surface area contributed by atoms with Gasteiger partial charge >= 0.3 is 5.97 Å². The average molecular weight is 310 g/mol. The quantitative estimate of drug-likeness (QED) is 0.736. The molecule has 0 radical (unpaired) electrons. The summed E-state index contributed by atoms with van der Waals surface area (Å²) in [5.41, 5.74) is 0. The van der Waals surface area contributed by atoms with Gasteiger partial charge in [0.05, 0.1) is 10.8 Å². The zero-order valence-electron chi connectivity index (χ0n) is 11.5. The van der Waals surface area contributed by atoms with E-state index in [1.165, 1.54) is 11.3 Å². The minimum Gasteiger partial charge on any atom is -0.481 e. The van der Waals surface area contributed by atoms with Crippen LogP contribution in [0.15, 0.2) is 17.5 Å². The van der Waals surface area contributed by atoms with Crippen molar-refractivity contribution in [1.82, 2.24) is 10.6 Å². The maximum absolute atomic E-state index is 11.7. The average Bonchev–Trinajstić information content (AvgIpc) is 3.09. The van der Waals surface area contributed by atoms with E-state index in [9.17, 15) is 14.4 Å². The Morgan fingerprint density at radius 1 is 1.33 bits per heavy atom. The molecule has 2 amide bonds. The van der Waals surface area contributed by atoms with E-state index in [2.05, 4.69) is 10.6 Å². The minimum absolute atomic E-state index is 0.0633. The van der Waals surface area contributed by atoms with Crippen molar-refractivity contribution in [2.24, 2.45) is 5.92 Å². The number of aliphatic carboxylic acids is 1. The Labute approximate surface area is 126 Å². The van der Waals surface area contributed by atoms with Crippen molar-refractivity contribution in [3.05, 3.63) is 22.4 Å². The van der Waals surface area contributed by atoms with Crippen LogP contribution in [0.25, 0.3) is 0 Å². The molecular weight excluding hydrogens is 292 g/mol. The third kappa shape index (κ3) is 4.56. The van der Waals surface area contributed by atoms with Gasteiger partial charge in [-0.2, -0.15) is 0 Å².